The fourth-order valence-corrected chi connectivity index (χ4v) is 2.04. The SMILES string of the molecule is CCC(C)CC(Cl)Cc1ccccc1. The van der Waals surface area contributed by atoms with E-state index in [-0.39, 0.29) is 5.38 Å². The molecular weight excluding hydrogens is 192 g/mol. The van der Waals surface area contributed by atoms with Crippen LogP contribution in [0.1, 0.15) is 32.3 Å². The molecule has 0 aliphatic carbocycles. The van der Waals surface area contributed by atoms with Crippen LogP contribution in [-0.4, -0.2) is 5.38 Å². The molecule has 78 valence electrons. The van der Waals surface area contributed by atoms with Gasteiger partial charge in [0.25, 0.3) is 0 Å². The minimum atomic E-state index is 0.285. The predicted molar refractivity (Wildman–Crippen MR) is 63.9 cm³/mol. The van der Waals surface area contributed by atoms with E-state index >= 15 is 0 Å². The average molecular weight is 211 g/mol. The lowest BCUT2D eigenvalue weighted by atomic mass is 9.99. The van der Waals surface area contributed by atoms with Crippen LogP contribution in [-0.2, 0) is 6.42 Å². The Bertz CT molecular complexity index is 243. The minimum Gasteiger partial charge on any atom is -0.123 e. The highest BCUT2D eigenvalue weighted by Crippen LogP contribution is 2.18. The van der Waals surface area contributed by atoms with Crippen molar-refractivity contribution < 1.29 is 0 Å². The topological polar surface area (TPSA) is 0 Å². The van der Waals surface area contributed by atoms with Gasteiger partial charge < -0.3 is 0 Å². The monoisotopic (exact) mass is 210 g/mol. The predicted octanol–water partition coefficient (Wildman–Crippen LogP) is 4.27. The molecule has 0 nitrogen and oxygen atoms in total. The van der Waals surface area contributed by atoms with Gasteiger partial charge in [-0.05, 0) is 24.3 Å². The zero-order valence-corrected chi connectivity index (χ0v) is 9.80. The molecule has 2 atom stereocenters. The summed E-state index contributed by atoms with van der Waals surface area (Å²) in [5.74, 6) is 0.737. The second-order valence-corrected chi connectivity index (χ2v) is 4.65. The summed E-state index contributed by atoms with van der Waals surface area (Å²) in [4.78, 5) is 0. The summed E-state index contributed by atoms with van der Waals surface area (Å²) < 4.78 is 0. The summed E-state index contributed by atoms with van der Waals surface area (Å²) in [7, 11) is 0. The third kappa shape index (κ3) is 4.15. The molecule has 0 aromatic heterocycles. The summed E-state index contributed by atoms with van der Waals surface area (Å²) in [6.45, 7) is 4.48. The van der Waals surface area contributed by atoms with Crippen LogP contribution in [0.15, 0.2) is 30.3 Å². The first-order valence-electron chi connectivity index (χ1n) is 5.40. The van der Waals surface area contributed by atoms with Crippen LogP contribution in [0, 0.1) is 5.92 Å². The molecule has 1 aromatic rings. The molecule has 0 radical (unpaired) electrons. The van der Waals surface area contributed by atoms with E-state index in [1.54, 1.807) is 0 Å². The van der Waals surface area contributed by atoms with Gasteiger partial charge in [-0.25, -0.2) is 0 Å². The number of halogens is 1. The highest BCUT2D eigenvalue weighted by Gasteiger charge is 2.09. The quantitative estimate of drug-likeness (QED) is 0.637. The molecule has 0 spiro atoms. The Morgan fingerprint density at radius 2 is 1.86 bits per heavy atom. The van der Waals surface area contributed by atoms with Gasteiger partial charge in [-0.3, -0.25) is 0 Å². The summed E-state index contributed by atoms with van der Waals surface area (Å²) in [6, 6.07) is 10.5. The van der Waals surface area contributed by atoms with E-state index < -0.39 is 0 Å². The lowest BCUT2D eigenvalue weighted by Gasteiger charge is -2.13. The highest BCUT2D eigenvalue weighted by atomic mass is 35.5. The molecule has 0 N–H and O–H groups in total. The van der Waals surface area contributed by atoms with Gasteiger partial charge in [0.2, 0.25) is 0 Å². The van der Waals surface area contributed by atoms with Crippen LogP contribution in [0.5, 0.6) is 0 Å². The van der Waals surface area contributed by atoms with E-state index in [4.69, 9.17) is 11.6 Å². The Morgan fingerprint density at radius 3 is 2.43 bits per heavy atom. The molecule has 1 heteroatoms. The van der Waals surface area contributed by atoms with Gasteiger partial charge in [0.05, 0.1) is 0 Å². The van der Waals surface area contributed by atoms with Crippen molar-refractivity contribution in [2.75, 3.05) is 0 Å². The maximum Gasteiger partial charge on any atom is 0.0378 e. The Hall–Kier alpha value is -0.490. The van der Waals surface area contributed by atoms with Crippen molar-refractivity contribution in [3.05, 3.63) is 35.9 Å². The molecule has 14 heavy (non-hydrogen) atoms. The smallest absolute Gasteiger partial charge is 0.0378 e. The van der Waals surface area contributed by atoms with E-state index in [1.807, 2.05) is 6.07 Å². The van der Waals surface area contributed by atoms with Crippen molar-refractivity contribution >= 4 is 11.6 Å². The van der Waals surface area contributed by atoms with Crippen LogP contribution < -0.4 is 0 Å². The first kappa shape index (κ1) is 11.6. The highest BCUT2D eigenvalue weighted by molar-refractivity contribution is 6.20. The Labute approximate surface area is 92.3 Å². The molecule has 0 aliphatic rings. The summed E-state index contributed by atoms with van der Waals surface area (Å²) in [5, 5.41) is 0.285. The van der Waals surface area contributed by atoms with Crippen molar-refractivity contribution in [3.63, 3.8) is 0 Å². The van der Waals surface area contributed by atoms with Gasteiger partial charge in [0.15, 0.2) is 0 Å². The van der Waals surface area contributed by atoms with Crippen molar-refractivity contribution in [1.29, 1.82) is 0 Å². The zero-order chi connectivity index (χ0) is 10.4. The standard InChI is InChI=1S/C13H19Cl/c1-3-11(2)9-13(14)10-12-7-5-4-6-8-12/h4-8,11,13H,3,9-10H2,1-2H3. The van der Waals surface area contributed by atoms with E-state index in [2.05, 4.69) is 38.1 Å². The molecule has 0 fully saturated rings. The van der Waals surface area contributed by atoms with Crippen molar-refractivity contribution in [3.8, 4) is 0 Å². The van der Waals surface area contributed by atoms with E-state index in [0.717, 1.165) is 18.8 Å². The second-order valence-electron chi connectivity index (χ2n) is 4.04. The van der Waals surface area contributed by atoms with E-state index in [1.165, 1.54) is 12.0 Å². The summed E-state index contributed by atoms with van der Waals surface area (Å²) in [5.41, 5.74) is 1.34. The van der Waals surface area contributed by atoms with Crippen LogP contribution in [0.4, 0.5) is 0 Å². The van der Waals surface area contributed by atoms with Gasteiger partial charge in [-0.15, -0.1) is 11.6 Å². The molecule has 0 aliphatic heterocycles. The normalized spacial score (nSPS) is 15.1. The molecule has 0 bridgehead atoms. The number of alkyl halides is 1. The van der Waals surface area contributed by atoms with Crippen LogP contribution in [0.3, 0.4) is 0 Å². The fourth-order valence-electron chi connectivity index (χ4n) is 1.56. The van der Waals surface area contributed by atoms with Crippen molar-refractivity contribution in [2.45, 2.75) is 38.5 Å². The number of hydrogen-bond acceptors (Lipinski definition) is 0. The lowest BCUT2D eigenvalue weighted by molar-refractivity contribution is 0.500. The molecule has 0 heterocycles. The van der Waals surface area contributed by atoms with E-state index in [0.29, 0.717) is 0 Å². The molecule has 0 saturated heterocycles. The first-order valence-corrected chi connectivity index (χ1v) is 5.84. The fraction of sp³-hybridized carbons (Fsp3) is 0.538. The number of rotatable bonds is 5. The van der Waals surface area contributed by atoms with E-state index in [9.17, 15) is 0 Å². The maximum atomic E-state index is 6.29. The summed E-state index contributed by atoms with van der Waals surface area (Å²) in [6.07, 6.45) is 3.33. The molecule has 1 rings (SSSR count). The molecule has 1 aromatic carbocycles. The molecular formula is C13H19Cl. The molecule has 0 saturated carbocycles. The van der Waals surface area contributed by atoms with Gasteiger partial charge >= 0.3 is 0 Å². The Morgan fingerprint density at radius 1 is 1.21 bits per heavy atom. The van der Waals surface area contributed by atoms with Gasteiger partial charge in [0, 0.05) is 5.38 Å². The van der Waals surface area contributed by atoms with Crippen LogP contribution in [0.25, 0.3) is 0 Å². The first-order chi connectivity index (χ1) is 6.72. The second kappa shape index (κ2) is 6.08. The molecule has 2 unspecified atom stereocenters. The van der Waals surface area contributed by atoms with Gasteiger partial charge in [0.1, 0.15) is 0 Å². The Kier molecular flexibility index (Phi) is 5.03. The van der Waals surface area contributed by atoms with Crippen LogP contribution >= 0.6 is 11.6 Å². The zero-order valence-electron chi connectivity index (χ0n) is 9.04. The number of benzene rings is 1. The molecule has 0 amide bonds. The third-order valence-electron chi connectivity index (χ3n) is 2.66. The largest absolute Gasteiger partial charge is 0.123 e. The number of hydrogen-bond donors (Lipinski definition) is 0. The third-order valence-corrected chi connectivity index (χ3v) is 2.99. The Balaban J connectivity index is 2.37. The van der Waals surface area contributed by atoms with Crippen molar-refractivity contribution in [1.82, 2.24) is 0 Å². The van der Waals surface area contributed by atoms with Gasteiger partial charge in [-0.1, -0.05) is 50.6 Å². The van der Waals surface area contributed by atoms with Crippen LogP contribution in [0.2, 0.25) is 0 Å². The maximum absolute atomic E-state index is 6.29. The summed E-state index contributed by atoms with van der Waals surface area (Å²) >= 11 is 6.29. The van der Waals surface area contributed by atoms with Crippen molar-refractivity contribution in [2.24, 2.45) is 5.92 Å². The van der Waals surface area contributed by atoms with Gasteiger partial charge in [-0.2, -0.15) is 0 Å². The lowest BCUT2D eigenvalue weighted by Crippen LogP contribution is -2.08. The minimum absolute atomic E-state index is 0.285. The average Bonchev–Trinajstić information content (AvgIpc) is 2.19.